The monoisotopic (exact) mass is 288 g/mol. The van der Waals surface area contributed by atoms with Crippen molar-refractivity contribution in [3.05, 3.63) is 30.6 Å². The quantitative estimate of drug-likeness (QED) is 0.940. The van der Waals surface area contributed by atoms with E-state index in [0.29, 0.717) is 0 Å². The maximum absolute atomic E-state index is 10.6. The van der Waals surface area contributed by atoms with Gasteiger partial charge in [-0.05, 0) is 18.6 Å². The molecule has 0 atom stereocenters. The largest absolute Gasteiger partial charge is 0.490 e. The van der Waals surface area contributed by atoms with E-state index in [2.05, 4.69) is 34.7 Å². The summed E-state index contributed by atoms with van der Waals surface area (Å²) in [5.74, 6) is -2.76. The Hall–Kier alpha value is -2.05. The molecule has 0 saturated heterocycles. The predicted molar refractivity (Wildman–Crippen MR) is 68.3 cm³/mol. The average molecular weight is 288 g/mol. The molecule has 2 aromatic rings. The number of nitrogens with zero attached hydrogens (tertiary/aromatic N) is 2. The molecule has 20 heavy (non-hydrogen) atoms. The van der Waals surface area contributed by atoms with Crippen molar-refractivity contribution in [3.63, 3.8) is 0 Å². The lowest BCUT2D eigenvalue weighted by Gasteiger charge is -2.01. The topological polar surface area (TPSA) is 55.1 Å². The van der Waals surface area contributed by atoms with E-state index < -0.39 is 12.1 Å². The second-order valence-electron chi connectivity index (χ2n) is 4.08. The number of aromatic nitrogens is 2. The second-order valence-corrected chi connectivity index (χ2v) is 4.08. The smallest absolute Gasteiger partial charge is 0.475 e. The van der Waals surface area contributed by atoms with Gasteiger partial charge in [0.15, 0.2) is 0 Å². The first-order valence-corrected chi connectivity index (χ1v) is 6.06. The molecule has 7 heteroatoms. The number of fused-ring (bicyclic) bond motifs is 1. The molecule has 4 nitrogen and oxygen atoms in total. The van der Waals surface area contributed by atoms with Gasteiger partial charge in [-0.25, -0.2) is 9.78 Å². The third-order valence-electron chi connectivity index (χ3n) is 2.52. The molecular weight excluding hydrogens is 273 g/mol. The first-order chi connectivity index (χ1) is 9.36. The van der Waals surface area contributed by atoms with E-state index in [1.54, 1.807) is 0 Å². The van der Waals surface area contributed by atoms with Crippen molar-refractivity contribution in [1.29, 1.82) is 0 Å². The number of rotatable bonds is 3. The standard InChI is InChI=1S/C11H14N2.C2HF3O2/c1-2-3-8-13-9-12-10-6-4-5-7-11(10)13;3-2(4,5)1(6)7/h4-7,9H,2-3,8H2,1H3;(H,6,7). The van der Waals surface area contributed by atoms with E-state index in [1.165, 1.54) is 18.4 Å². The number of aryl methyl sites for hydroxylation is 1. The fourth-order valence-corrected chi connectivity index (χ4v) is 1.52. The fraction of sp³-hybridized carbons (Fsp3) is 0.385. The number of para-hydroxylation sites is 2. The number of carboxylic acid groups (broad SMARTS) is 1. The normalized spacial score (nSPS) is 11.0. The summed E-state index contributed by atoms with van der Waals surface area (Å²) in [6.45, 7) is 3.29. The highest BCUT2D eigenvalue weighted by Crippen LogP contribution is 2.13. The second kappa shape index (κ2) is 6.93. The first kappa shape index (κ1) is 16.0. The summed E-state index contributed by atoms with van der Waals surface area (Å²) in [7, 11) is 0. The number of carbonyl (C=O) groups is 1. The van der Waals surface area contributed by atoms with Crippen LogP contribution in [0.2, 0.25) is 0 Å². The van der Waals surface area contributed by atoms with Crippen molar-refractivity contribution in [2.75, 3.05) is 0 Å². The van der Waals surface area contributed by atoms with Crippen LogP contribution in [0.15, 0.2) is 30.6 Å². The van der Waals surface area contributed by atoms with Gasteiger partial charge in [0.1, 0.15) is 0 Å². The third-order valence-corrected chi connectivity index (χ3v) is 2.52. The first-order valence-electron chi connectivity index (χ1n) is 6.06. The molecule has 1 aromatic carbocycles. The molecule has 0 bridgehead atoms. The Kier molecular flexibility index (Phi) is 5.54. The van der Waals surface area contributed by atoms with Crippen molar-refractivity contribution >= 4 is 17.0 Å². The maximum atomic E-state index is 10.6. The zero-order chi connectivity index (χ0) is 15.2. The van der Waals surface area contributed by atoms with Gasteiger partial charge in [0, 0.05) is 6.54 Å². The van der Waals surface area contributed by atoms with Crippen LogP contribution in [0.25, 0.3) is 11.0 Å². The van der Waals surface area contributed by atoms with Crippen molar-refractivity contribution in [2.45, 2.75) is 32.5 Å². The highest BCUT2D eigenvalue weighted by molar-refractivity contribution is 5.74. The summed E-state index contributed by atoms with van der Waals surface area (Å²) in [6.07, 6.45) is -0.701. The minimum Gasteiger partial charge on any atom is -0.475 e. The zero-order valence-corrected chi connectivity index (χ0v) is 10.9. The molecule has 1 N–H and O–H groups in total. The number of hydrogen-bond donors (Lipinski definition) is 1. The van der Waals surface area contributed by atoms with Crippen LogP contribution in [0.3, 0.4) is 0 Å². The van der Waals surface area contributed by atoms with Gasteiger partial charge in [-0.1, -0.05) is 25.5 Å². The Morgan fingerprint density at radius 2 is 1.95 bits per heavy atom. The van der Waals surface area contributed by atoms with Crippen LogP contribution < -0.4 is 0 Å². The molecule has 2 rings (SSSR count). The molecule has 0 radical (unpaired) electrons. The minimum atomic E-state index is -5.08. The number of unbranched alkanes of at least 4 members (excludes halogenated alkanes) is 1. The number of alkyl halides is 3. The molecule has 110 valence electrons. The van der Waals surface area contributed by atoms with Crippen LogP contribution in [-0.2, 0) is 11.3 Å². The van der Waals surface area contributed by atoms with E-state index >= 15 is 0 Å². The van der Waals surface area contributed by atoms with Gasteiger partial charge < -0.3 is 9.67 Å². The average Bonchev–Trinajstić information content (AvgIpc) is 2.79. The third kappa shape index (κ3) is 4.56. The minimum absolute atomic E-state index is 1.08. The molecule has 0 aliphatic carbocycles. The van der Waals surface area contributed by atoms with Crippen molar-refractivity contribution in [3.8, 4) is 0 Å². The number of hydrogen-bond acceptors (Lipinski definition) is 2. The van der Waals surface area contributed by atoms with Gasteiger partial charge in [-0.2, -0.15) is 13.2 Å². The van der Waals surface area contributed by atoms with E-state index in [9.17, 15) is 13.2 Å². The Morgan fingerprint density at radius 1 is 1.35 bits per heavy atom. The van der Waals surface area contributed by atoms with E-state index in [1.807, 2.05) is 12.4 Å². The number of imidazole rings is 1. The number of halogens is 3. The van der Waals surface area contributed by atoms with E-state index in [0.717, 1.165) is 12.1 Å². The fourth-order valence-electron chi connectivity index (χ4n) is 1.52. The van der Waals surface area contributed by atoms with Gasteiger partial charge in [0.2, 0.25) is 0 Å². The highest BCUT2D eigenvalue weighted by Gasteiger charge is 2.38. The van der Waals surface area contributed by atoms with Crippen molar-refractivity contribution in [2.24, 2.45) is 0 Å². The van der Waals surface area contributed by atoms with Gasteiger partial charge in [0.25, 0.3) is 0 Å². The molecular formula is C13H15F3N2O2. The number of carboxylic acids is 1. The molecule has 1 aromatic heterocycles. The Bertz CT molecular complexity index is 564. The van der Waals surface area contributed by atoms with Crippen LogP contribution in [-0.4, -0.2) is 26.8 Å². The summed E-state index contributed by atoms with van der Waals surface area (Å²) in [4.78, 5) is 13.2. The van der Waals surface area contributed by atoms with Gasteiger partial charge in [-0.3, -0.25) is 0 Å². The lowest BCUT2D eigenvalue weighted by molar-refractivity contribution is -0.192. The Labute approximate surface area is 113 Å². The molecule has 0 aliphatic heterocycles. The number of benzene rings is 1. The maximum Gasteiger partial charge on any atom is 0.490 e. The van der Waals surface area contributed by atoms with Crippen LogP contribution in [0, 0.1) is 0 Å². The van der Waals surface area contributed by atoms with E-state index in [4.69, 9.17) is 9.90 Å². The van der Waals surface area contributed by atoms with Crippen LogP contribution in [0.5, 0.6) is 0 Å². The van der Waals surface area contributed by atoms with Crippen LogP contribution in [0.1, 0.15) is 19.8 Å². The molecule has 0 unspecified atom stereocenters. The Balaban J connectivity index is 0.000000246. The highest BCUT2D eigenvalue weighted by atomic mass is 19.4. The molecule has 0 amide bonds. The van der Waals surface area contributed by atoms with Gasteiger partial charge in [-0.15, -0.1) is 0 Å². The SMILES string of the molecule is CCCCn1cnc2ccccc21.O=C(O)C(F)(F)F. The van der Waals surface area contributed by atoms with Crippen molar-refractivity contribution in [1.82, 2.24) is 9.55 Å². The summed E-state index contributed by atoms with van der Waals surface area (Å²) in [6, 6.07) is 8.27. The number of aliphatic carboxylic acids is 1. The summed E-state index contributed by atoms with van der Waals surface area (Å²) in [5.41, 5.74) is 2.34. The zero-order valence-electron chi connectivity index (χ0n) is 10.9. The van der Waals surface area contributed by atoms with E-state index in [-0.39, 0.29) is 0 Å². The lowest BCUT2D eigenvalue weighted by atomic mass is 10.3. The molecule has 1 heterocycles. The summed E-state index contributed by atoms with van der Waals surface area (Å²) >= 11 is 0. The molecule has 0 aliphatic rings. The van der Waals surface area contributed by atoms with Gasteiger partial charge >= 0.3 is 12.1 Å². The predicted octanol–water partition coefficient (Wildman–Crippen LogP) is 3.47. The summed E-state index contributed by atoms with van der Waals surface area (Å²) < 4.78 is 34.0. The molecule has 0 fully saturated rings. The molecule has 0 spiro atoms. The van der Waals surface area contributed by atoms with Crippen LogP contribution in [0.4, 0.5) is 13.2 Å². The molecule has 0 saturated carbocycles. The Morgan fingerprint density at radius 3 is 2.50 bits per heavy atom. The van der Waals surface area contributed by atoms with Crippen LogP contribution >= 0.6 is 0 Å². The van der Waals surface area contributed by atoms with Gasteiger partial charge in [0.05, 0.1) is 17.4 Å². The summed E-state index contributed by atoms with van der Waals surface area (Å²) in [5, 5.41) is 7.12. The van der Waals surface area contributed by atoms with Crippen molar-refractivity contribution < 1.29 is 23.1 Å². The lowest BCUT2D eigenvalue weighted by Crippen LogP contribution is -2.21.